The molecule has 5 aromatic rings. The number of imidazole rings is 1. The molecule has 0 saturated carbocycles. The number of aliphatic hydroxyl groups excluding tert-OH is 1. The van der Waals surface area contributed by atoms with Crippen LogP contribution in [-0.4, -0.2) is 53.0 Å². The quantitative estimate of drug-likeness (QED) is 0.229. The number of aromatic amines is 2. The van der Waals surface area contributed by atoms with Crippen molar-refractivity contribution in [1.82, 2.24) is 34.7 Å². The normalized spacial score (nSPS) is 12.3. The van der Waals surface area contributed by atoms with Crippen LogP contribution in [0, 0.1) is 5.82 Å². The number of hydrogen-bond acceptors (Lipinski definition) is 8. The monoisotopic (exact) mass is 477 g/mol. The Morgan fingerprint density at radius 2 is 1.97 bits per heavy atom. The first-order chi connectivity index (χ1) is 17.0. The van der Waals surface area contributed by atoms with Crippen LogP contribution in [0.4, 0.5) is 15.8 Å². The van der Waals surface area contributed by atoms with Crippen LogP contribution >= 0.6 is 0 Å². The van der Waals surface area contributed by atoms with Gasteiger partial charge in [-0.05, 0) is 32.0 Å². The van der Waals surface area contributed by atoms with E-state index in [1.807, 2.05) is 13.8 Å². The number of rotatable bonds is 8. The Balaban J connectivity index is 1.68. The first-order valence-corrected chi connectivity index (χ1v) is 11.2. The fourth-order valence-electron chi connectivity index (χ4n) is 3.95. The zero-order valence-corrected chi connectivity index (χ0v) is 19.1. The predicted molar refractivity (Wildman–Crippen MR) is 131 cm³/mol. The first kappa shape index (κ1) is 22.5. The first-order valence-electron chi connectivity index (χ1n) is 11.2. The highest BCUT2D eigenvalue weighted by Crippen LogP contribution is 2.33. The molecule has 4 aromatic heterocycles. The summed E-state index contributed by atoms with van der Waals surface area (Å²) in [5.74, 6) is 0.173. The standard InChI is InChI=1S/C23H24FN9O2/c1-3-33-11-16-19(32-33)20(28-12(2)21-26-5-4-6-27-21)17(23(35)30-16)22-29-15-10-13(25-7-8-34)9-14(24)18(15)31-22/h4-6,9-12,25,28,34H,3,7-8H2,1-2H3,(H,29,31)(H,30,35)/t12-/m0/s1. The third-order valence-electron chi connectivity index (χ3n) is 5.60. The maximum Gasteiger partial charge on any atom is 0.261 e. The van der Waals surface area contributed by atoms with E-state index in [2.05, 4.69) is 40.7 Å². The number of nitrogens with one attached hydrogen (secondary N) is 4. The van der Waals surface area contributed by atoms with Crippen molar-refractivity contribution in [1.29, 1.82) is 0 Å². The highest BCUT2D eigenvalue weighted by molar-refractivity contribution is 5.96. The highest BCUT2D eigenvalue weighted by Gasteiger charge is 2.23. The van der Waals surface area contributed by atoms with E-state index in [9.17, 15) is 9.18 Å². The van der Waals surface area contributed by atoms with Gasteiger partial charge < -0.3 is 25.7 Å². The lowest BCUT2D eigenvalue weighted by atomic mass is 10.1. The Kier molecular flexibility index (Phi) is 5.87. The molecule has 0 aliphatic rings. The molecule has 11 nitrogen and oxygen atoms in total. The van der Waals surface area contributed by atoms with E-state index in [0.717, 1.165) is 0 Å². The number of aromatic nitrogens is 7. The molecule has 0 spiro atoms. The van der Waals surface area contributed by atoms with E-state index in [0.29, 0.717) is 40.3 Å². The van der Waals surface area contributed by atoms with Crippen molar-refractivity contribution in [3.8, 4) is 11.4 Å². The van der Waals surface area contributed by atoms with E-state index in [4.69, 9.17) is 5.11 Å². The lowest BCUT2D eigenvalue weighted by molar-refractivity contribution is 0.311. The predicted octanol–water partition coefficient (Wildman–Crippen LogP) is 2.79. The Bertz CT molecular complexity index is 1560. The Morgan fingerprint density at radius 1 is 1.17 bits per heavy atom. The van der Waals surface area contributed by atoms with Crippen LogP contribution in [0.1, 0.15) is 25.7 Å². The van der Waals surface area contributed by atoms with E-state index < -0.39 is 11.4 Å². The summed E-state index contributed by atoms with van der Waals surface area (Å²) in [5, 5.41) is 19.9. The molecule has 1 aromatic carbocycles. The van der Waals surface area contributed by atoms with Gasteiger partial charge >= 0.3 is 0 Å². The van der Waals surface area contributed by atoms with E-state index in [1.165, 1.54) is 6.07 Å². The van der Waals surface area contributed by atoms with Crippen LogP contribution < -0.4 is 16.2 Å². The number of pyridine rings is 1. The van der Waals surface area contributed by atoms with Gasteiger partial charge in [-0.15, -0.1) is 0 Å². The zero-order valence-electron chi connectivity index (χ0n) is 19.1. The van der Waals surface area contributed by atoms with Crippen molar-refractivity contribution < 1.29 is 9.50 Å². The van der Waals surface area contributed by atoms with Crippen molar-refractivity contribution in [2.45, 2.75) is 26.4 Å². The molecule has 180 valence electrons. The molecule has 0 unspecified atom stereocenters. The SMILES string of the molecule is CCn1cc2[nH]c(=O)c(-c3nc4c(F)cc(NCCO)cc4[nH]3)c(N[C@@H](C)c3ncccn3)c2n1. The summed E-state index contributed by atoms with van der Waals surface area (Å²) in [6.07, 6.45) is 5.04. The molecule has 0 aliphatic heterocycles. The zero-order chi connectivity index (χ0) is 24.5. The van der Waals surface area contributed by atoms with Gasteiger partial charge in [0, 0.05) is 37.4 Å². The van der Waals surface area contributed by atoms with Crippen LogP contribution in [-0.2, 0) is 6.54 Å². The average Bonchev–Trinajstić information content (AvgIpc) is 3.47. The van der Waals surface area contributed by atoms with Gasteiger partial charge in [-0.2, -0.15) is 5.10 Å². The molecule has 0 saturated heterocycles. The summed E-state index contributed by atoms with van der Waals surface area (Å²) in [6, 6.07) is 4.34. The summed E-state index contributed by atoms with van der Waals surface area (Å²) in [4.78, 5) is 32.2. The van der Waals surface area contributed by atoms with E-state index in [1.54, 1.807) is 35.4 Å². The van der Waals surface area contributed by atoms with Crippen molar-refractivity contribution >= 4 is 33.4 Å². The van der Waals surface area contributed by atoms with Gasteiger partial charge in [0.1, 0.15) is 28.2 Å². The van der Waals surface area contributed by atoms with Gasteiger partial charge in [-0.1, -0.05) is 0 Å². The number of hydrogen-bond donors (Lipinski definition) is 5. The van der Waals surface area contributed by atoms with Crippen LogP contribution in [0.3, 0.4) is 0 Å². The van der Waals surface area contributed by atoms with E-state index >= 15 is 0 Å². The third kappa shape index (κ3) is 4.19. The van der Waals surface area contributed by atoms with Gasteiger partial charge in [0.2, 0.25) is 0 Å². The molecular formula is C23H24FN9O2. The Labute approximate surface area is 198 Å². The molecule has 0 fully saturated rings. The molecule has 0 amide bonds. The molecule has 35 heavy (non-hydrogen) atoms. The molecule has 1 atom stereocenters. The second kappa shape index (κ2) is 9.14. The van der Waals surface area contributed by atoms with Gasteiger partial charge in [0.25, 0.3) is 5.56 Å². The van der Waals surface area contributed by atoms with Crippen LogP contribution in [0.15, 0.2) is 41.6 Å². The minimum absolute atomic E-state index is 0.0912. The molecule has 0 aliphatic carbocycles. The molecule has 12 heteroatoms. The van der Waals surface area contributed by atoms with Gasteiger partial charge in [-0.25, -0.2) is 19.3 Å². The molecule has 0 radical (unpaired) electrons. The maximum atomic E-state index is 14.8. The average molecular weight is 478 g/mol. The number of nitrogens with zero attached hydrogens (tertiary/aromatic N) is 5. The highest BCUT2D eigenvalue weighted by atomic mass is 19.1. The maximum absolute atomic E-state index is 14.8. The summed E-state index contributed by atoms with van der Waals surface area (Å²) in [6.45, 7) is 4.62. The second-order valence-corrected chi connectivity index (χ2v) is 8.01. The van der Waals surface area contributed by atoms with Crippen molar-refractivity contribution in [2.24, 2.45) is 0 Å². The number of aliphatic hydroxyl groups is 1. The molecule has 5 rings (SSSR count). The minimum atomic E-state index is -0.557. The van der Waals surface area contributed by atoms with Gasteiger partial charge in [0.05, 0.1) is 29.4 Å². The van der Waals surface area contributed by atoms with Crippen molar-refractivity contribution in [2.75, 3.05) is 23.8 Å². The number of H-pyrrole nitrogens is 2. The topological polar surface area (TPSA) is 149 Å². The summed E-state index contributed by atoms with van der Waals surface area (Å²) < 4.78 is 16.5. The number of anilines is 2. The number of fused-ring (bicyclic) bond motifs is 2. The fraction of sp³-hybridized carbons (Fsp3) is 0.261. The van der Waals surface area contributed by atoms with E-state index in [-0.39, 0.29) is 36.1 Å². The van der Waals surface area contributed by atoms with Crippen LogP contribution in [0.5, 0.6) is 0 Å². The number of aryl methyl sites for hydroxylation is 1. The lowest BCUT2D eigenvalue weighted by Crippen LogP contribution is -2.17. The largest absolute Gasteiger partial charge is 0.395 e. The summed E-state index contributed by atoms with van der Waals surface area (Å²) in [5.41, 5.74) is 2.31. The molecule has 5 N–H and O–H groups in total. The van der Waals surface area contributed by atoms with Crippen LogP contribution in [0.2, 0.25) is 0 Å². The van der Waals surface area contributed by atoms with Crippen molar-refractivity contribution in [3.63, 3.8) is 0 Å². The smallest absolute Gasteiger partial charge is 0.261 e. The number of halogens is 1. The number of benzene rings is 1. The second-order valence-electron chi connectivity index (χ2n) is 8.01. The van der Waals surface area contributed by atoms with Gasteiger partial charge in [-0.3, -0.25) is 9.48 Å². The van der Waals surface area contributed by atoms with Crippen molar-refractivity contribution in [3.05, 3.63) is 58.8 Å². The minimum Gasteiger partial charge on any atom is -0.395 e. The fourth-order valence-corrected chi connectivity index (χ4v) is 3.95. The summed E-state index contributed by atoms with van der Waals surface area (Å²) >= 11 is 0. The van der Waals surface area contributed by atoms with Crippen LogP contribution in [0.25, 0.3) is 33.5 Å². The molecular weight excluding hydrogens is 453 g/mol. The lowest BCUT2D eigenvalue weighted by Gasteiger charge is -2.16. The van der Waals surface area contributed by atoms with Gasteiger partial charge in [0.15, 0.2) is 5.82 Å². The molecule has 0 bridgehead atoms. The Morgan fingerprint density at radius 3 is 2.71 bits per heavy atom. The third-order valence-corrected chi connectivity index (χ3v) is 5.60. The Hall–Kier alpha value is -4.32. The molecule has 4 heterocycles. The summed E-state index contributed by atoms with van der Waals surface area (Å²) in [7, 11) is 0.